The lowest BCUT2D eigenvalue weighted by Gasteiger charge is -2.40. The van der Waals surface area contributed by atoms with Crippen molar-refractivity contribution < 1.29 is 28.2 Å². The highest BCUT2D eigenvalue weighted by Gasteiger charge is 2.49. The van der Waals surface area contributed by atoms with Crippen LogP contribution in [0.5, 0.6) is 0 Å². The number of benzene rings is 1. The predicted octanol–water partition coefficient (Wildman–Crippen LogP) is 2.33. The molecule has 1 aromatic carbocycles. The Morgan fingerprint density at radius 2 is 1.96 bits per heavy atom. The van der Waals surface area contributed by atoms with Crippen LogP contribution in [0.1, 0.15) is 31.7 Å². The molecule has 1 N–H and O–H groups in total. The van der Waals surface area contributed by atoms with E-state index in [1.807, 2.05) is 0 Å². The second-order valence-corrected chi connectivity index (χ2v) is 6.79. The Labute approximate surface area is 144 Å². The van der Waals surface area contributed by atoms with Crippen LogP contribution in [-0.2, 0) is 19.7 Å². The van der Waals surface area contributed by atoms with E-state index in [2.05, 4.69) is 0 Å². The Hall–Kier alpha value is -2.02. The normalized spacial score (nSPS) is 25.8. The van der Waals surface area contributed by atoms with Gasteiger partial charge in [-0.05, 0) is 32.3 Å². The molecule has 2 saturated heterocycles. The summed E-state index contributed by atoms with van der Waals surface area (Å²) < 4.78 is 33.1. The van der Waals surface area contributed by atoms with Gasteiger partial charge in [-0.2, -0.15) is 0 Å². The topological polar surface area (TPSA) is 66.8 Å². The molecule has 0 aliphatic carbocycles. The Kier molecular flexibility index (Phi) is 4.77. The number of carbonyl (C=O) groups is 2. The fourth-order valence-corrected chi connectivity index (χ4v) is 4.03. The molecule has 2 unspecified atom stereocenters. The Morgan fingerprint density at radius 1 is 1.28 bits per heavy atom. The molecule has 2 aliphatic heterocycles. The van der Waals surface area contributed by atoms with Crippen LogP contribution in [-0.4, -0.2) is 47.7 Å². The summed E-state index contributed by atoms with van der Waals surface area (Å²) in [7, 11) is 0. The van der Waals surface area contributed by atoms with Crippen LogP contribution >= 0.6 is 0 Å². The lowest BCUT2D eigenvalue weighted by Crippen LogP contribution is -2.52. The van der Waals surface area contributed by atoms with E-state index in [0.29, 0.717) is 26.2 Å². The lowest BCUT2D eigenvalue weighted by molar-refractivity contribution is -0.145. The van der Waals surface area contributed by atoms with E-state index in [4.69, 9.17) is 4.74 Å². The molecule has 25 heavy (non-hydrogen) atoms. The number of hydrogen-bond acceptors (Lipinski definition) is 3. The summed E-state index contributed by atoms with van der Waals surface area (Å²) in [4.78, 5) is 26.2. The van der Waals surface area contributed by atoms with E-state index in [0.717, 1.165) is 12.1 Å². The fourth-order valence-electron chi connectivity index (χ4n) is 4.03. The molecule has 3 rings (SSSR count). The molecule has 2 atom stereocenters. The van der Waals surface area contributed by atoms with E-state index in [1.54, 1.807) is 6.92 Å². The summed E-state index contributed by atoms with van der Waals surface area (Å²) in [5, 5.41) is 9.29. The molecule has 0 aromatic heterocycles. The van der Waals surface area contributed by atoms with Crippen LogP contribution in [0, 0.1) is 17.6 Å². The molecule has 0 radical (unpaired) electrons. The molecule has 0 saturated carbocycles. The maximum atomic E-state index is 14.5. The number of halogens is 2. The van der Waals surface area contributed by atoms with Gasteiger partial charge < -0.3 is 14.7 Å². The highest BCUT2D eigenvalue weighted by molar-refractivity contribution is 5.89. The first-order valence-corrected chi connectivity index (χ1v) is 8.44. The molecule has 136 valence electrons. The summed E-state index contributed by atoms with van der Waals surface area (Å²) in [6.07, 6.45) is 0.950. The molecule has 0 bridgehead atoms. The Bertz CT molecular complexity index is 688. The minimum absolute atomic E-state index is 0.160. The van der Waals surface area contributed by atoms with Gasteiger partial charge in [-0.1, -0.05) is 6.07 Å². The van der Waals surface area contributed by atoms with Crippen molar-refractivity contribution in [3.05, 3.63) is 35.4 Å². The predicted molar refractivity (Wildman–Crippen MR) is 85.0 cm³/mol. The zero-order valence-corrected chi connectivity index (χ0v) is 14.0. The summed E-state index contributed by atoms with van der Waals surface area (Å²) in [6.45, 7) is 2.63. The maximum Gasteiger partial charge on any atom is 0.308 e. The second-order valence-electron chi connectivity index (χ2n) is 6.79. The van der Waals surface area contributed by atoms with Gasteiger partial charge in [0.2, 0.25) is 5.91 Å². The Balaban J connectivity index is 1.98. The summed E-state index contributed by atoms with van der Waals surface area (Å²) >= 11 is 0. The van der Waals surface area contributed by atoms with Crippen LogP contribution in [0.4, 0.5) is 8.78 Å². The summed E-state index contributed by atoms with van der Waals surface area (Å²) in [6, 6.07) is 2.79. The van der Waals surface area contributed by atoms with E-state index >= 15 is 0 Å². The van der Waals surface area contributed by atoms with Crippen molar-refractivity contribution in [1.29, 1.82) is 0 Å². The third-order valence-corrected chi connectivity index (χ3v) is 5.54. The van der Waals surface area contributed by atoms with E-state index < -0.39 is 35.0 Å². The smallest absolute Gasteiger partial charge is 0.308 e. The van der Waals surface area contributed by atoms with Gasteiger partial charge >= 0.3 is 5.97 Å². The van der Waals surface area contributed by atoms with Crippen molar-refractivity contribution in [2.45, 2.75) is 37.6 Å². The molecular formula is C18H21F2NO4. The number of rotatable bonds is 3. The van der Waals surface area contributed by atoms with Gasteiger partial charge in [0.15, 0.2) is 0 Å². The van der Waals surface area contributed by atoms with Crippen molar-refractivity contribution in [3.8, 4) is 0 Å². The monoisotopic (exact) mass is 353 g/mol. The number of nitrogens with zero attached hydrogens (tertiary/aromatic N) is 1. The van der Waals surface area contributed by atoms with Crippen molar-refractivity contribution in [3.63, 3.8) is 0 Å². The third kappa shape index (κ3) is 3.01. The van der Waals surface area contributed by atoms with Crippen LogP contribution in [0.3, 0.4) is 0 Å². The molecule has 2 fully saturated rings. The second kappa shape index (κ2) is 6.71. The summed E-state index contributed by atoms with van der Waals surface area (Å²) in [5.74, 6) is -3.30. The van der Waals surface area contributed by atoms with Crippen LogP contribution in [0.25, 0.3) is 0 Å². The zero-order valence-electron chi connectivity index (χ0n) is 14.0. The molecule has 1 amide bonds. The molecule has 1 aromatic rings. The lowest BCUT2D eigenvalue weighted by atomic mass is 9.72. The quantitative estimate of drug-likeness (QED) is 0.906. The fraction of sp³-hybridized carbons (Fsp3) is 0.556. The van der Waals surface area contributed by atoms with Crippen molar-refractivity contribution in [2.24, 2.45) is 5.92 Å². The molecular weight excluding hydrogens is 332 g/mol. The van der Waals surface area contributed by atoms with Gasteiger partial charge in [0.1, 0.15) is 11.6 Å². The number of carboxylic acid groups (broad SMARTS) is 1. The third-order valence-electron chi connectivity index (χ3n) is 5.54. The average molecular weight is 353 g/mol. The minimum atomic E-state index is -1.14. The SMILES string of the molecule is CC1C(C(=O)O)CCN1C(=O)C1(c2ccc(F)cc2F)CCOCC1. The first-order chi connectivity index (χ1) is 11.9. The first kappa shape index (κ1) is 17.8. The molecule has 5 nitrogen and oxygen atoms in total. The molecule has 2 heterocycles. The maximum absolute atomic E-state index is 14.5. The largest absolute Gasteiger partial charge is 0.481 e. The van der Waals surface area contributed by atoms with Crippen molar-refractivity contribution >= 4 is 11.9 Å². The van der Waals surface area contributed by atoms with Crippen LogP contribution in [0.15, 0.2) is 18.2 Å². The number of ether oxygens (including phenoxy) is 1. The average Bonchev–Trinajstić information content (AvgIpc) is 2.96. The standard InChI is InChI=1S/C18H21F2NO4/c1-11-13(16(22)23)4-7-21(11)17(24)18(5-8-25-9-6-18)14-3-2-12(19)10-15(14)20/h2-3,10-11,13H,4-9H2,1H3,(H,22,23). The van der Waals surface area contributed by atoms with Crippen molar-refractivity contribution in [1.82, 2.24) is 4.90 Å². The molecule has 2 aliphatic rings. The van der Waals surface area contributed by atoms with Crippen molar-refractivity contribution in [2.75, 3.05) is 19.8 Å². The van der Waals surface area contributed by atoms with Gasteiger partial charge in [0.05, 0.1) is 11.3 Å². The van der Waals surface area contributed by atoms with Gasteiger partial charge in [-0.25, -0.2) is 8.78 Å². The Morgan fingerprint density at radius 3 is 2.52 bits per heavy atom. The van der Waals surface area contributed by atoms with E-state index in [1.165, 1.54) is 11.0 Å². The highest BCUT2D eigenvalue weighted by atomic mass is 19.1. The van der Waals surface area contributed by atoms with Crippen LogP contribution in [0.2, 0.25) is 0 Å². The van der Waals surface area contributed by atoms with Gasteiger partial charge in [0, 0.05) is 37.4 Å². The highest BCUT2D eigenvalue weighted by Crippen LogP contribution is 2.40. The minimum Gasteiger partial charge on any atom is -0.481 e. The summed E-state index contributed by atoms with van der Waals surface area (Å²) in [5.41, 5.74) is -0.981. The molecule has 7 heteroatoms. The number of likely N-dealkylation sites (tertiary alicyclic amines) is 1. The van der Waals surface area contributed by atoms with Gasteiger partial charge in [-0.15, -0.1) is 0 Å². The van der Waals surface area contributed by atoms with Gasteiger partial charge in [-0.3, -0.25) is 9.59 Å². The van der Waals surface area contributed by atoms with E-state index in [-0.39, 0.29) is 24.3 Å². The number of aliphatic carboxylic acids is 1. The number of carbonyl (C=O) groups excluding carboxylic acids is 1. The molecule has 0 spiro atoms. The first-order valence-electron chi connectivity index (χ1n) is 8.44. The number of amides is 1. The van der Waals surface area contributed by atoms with Gasteiger partial charge in [0.25, 0.3) is 0 Å². The van der Waals surface area contributed by atoms with E-state index in [9.17, 15) is 23.5 Å². The zero-order chi connectivity index (χ0) is 18.2. The van der Waals surface area contributed by atoms with Crippen LogP contribution < -0.4 is 0 Å². The number of carboxylic acids is 1. The number of hydrogen-bond donors (Lipinski definition) is 1.